The Kier molecular flexibility index (Phi) is 11.2. The molecule has 0 aromatic heterocycles. The first-order valence-electron chi connectivity index (χ1n) is 12.0. The summed E-state index contributed by atoms with van der Waals surface area (Å²) in [5.41, 5.74) is 1.10. The molecule has 29 heavy (non-hydrogen) atoms. The Morgan fingerprint density at radius 3 is 1.38 bits per heavy atom. The van der Waals surface area contributed by atoms with Gasteiger partial charge in [-0.15, -0.1) is 17.2 Å². The first-order chi connectivity index (χ1) is 13.6. The van der Waals surface area contributed by atoms with Crippen LogP contribution in [0.5, 0.6) is 0 Å². The molecule has 5 heteroatoms. The molecule has 2 fully saturated rings. The maximum absolute atomic E-state index is 7.00. The van der Waals surface area contributed by atoms with Crippen molar-refractivity contribution in [3.05, 3.63) is 0 Å². The highest BCUT2D eigenvalue weighted by Gasteiger charge is 2.53. The highest BCUT2D eigenvalue weighted by Crippen LogP contribution is 2.64. The average Bonchev–Trinajstić information content (AvgIpc) is 3.01. The van der Waals surface area contributed by atoms with E-state index < -0.39 is 20.1 Å². The zero-order chi connectivity index (χ0) is 21.7. The van der Waals surface area contributed by atoms with Crippen LogP contribution in [0.1, 0.15) is 52.4 Å². The van der Waals surface area contributed by atoms with E-state index in [0.29, 0.717) is 10.9 Å². The number of ether oxygens (including phenoxy) is 1. The lowest BCUT2D eigenvalue weighted by Gasteiger charge is -2.45. The Labute approximate surface area is 190 Å². The fraction of sp³-hybridized carbons (Fsp3) is 1.00. The van der Waals surface area contributed by atoms with Crippen LogP contribution in [0, 0.1) is 23.7 Å². The molecule has 1 saturated heterocycles. The highest BCUT2D eigenvalue weighted by molar-refractivity contribution is 8.33. The van der Waals surface area contributed by atoms with Crippen molar-refractivity contribution in [2.75, 3.05) is 62.2 Å². The molecule has 0 spiro atoms. The van der Waals surface area contributed by atoms with E-state index in [1.54, 1.807) is 0 Å². The molecule has 1 aliphatic heterocycles. The highest BCUT2D eigenvalue weighted by atomic mass is 32.3. The van der Waals surface area contributed by atoms with E-state index >= 15 is 0 Å². The van der Waals surface area contributed by atoms with Crippen molar-refractivity contribution in [1.82, 2.24) is 0 Å². The van der Waals surface area contributed by atoms with Crippen molar-refractivity contribution in [3.8, 4) is 0 Å². The third kappa shape index (κ3) is 7.81. The largest absolute Gasteiger partial charge is 0.356 e. The Hall–Kier alpha value is 1.52. The standard InChI is InChI=1S/C24H52OP2S2/c1-9-11-13-26-17-19-15-21-22(16-20(19)18-27-14-12-10-2)24(29(6,7)8)25-23(21)28(3,4)5/h19-24,26-27H,9-18H2,1-8H3. The topological polar surface area (TPSA) is 9.23 Å². The Morgan fingerprint density at radius 2 is 1.07 bits per heavy atom. The Morgan fingerprint density at radius 1 is 0.690 bits per heavy atom. The molecule has 0 bridgehead atoms. The van der Waals surface area contributed by atoms with Gasteiger partial charge in [-0.05, 0) is 112 Å². The van der Waals surface area contributed by atoms with Gasteiger partial charge in [-0.3, -0.25) is 0 Å². The van der Waals surface area contributed by atoms with E-state index in [-0.39, 0.29) is 0 Å². The number of hydrogen-bond donors (Lipinski definition) is 0. The number of rotatable bonds is 12. The molecular weight excluding hydrogens is 430 g/mol. The molecular formula is C24H52OP2S2. The zero-order valence-corrected chi connectivity index (χ0v) is 24.4. The van der Waals surface area contributed by atoms with E-state index in [1.165, 1.54) is 80.3 Å². The minimum atomic E-state index is -0.665. The SMILES string of the molecule is CCCCPCC1CC2C(CC1CPCCCC)C(S(C)(C)C)OC2S(C)(C)C. The summed E-state index contributed by atoms with van der Waals surface area (Å²) in [5, 5.41) is 0. The van der Waals surface area contributed by atoms with E-state index in [1.807, 2.05) is 0 Å². The van der Waals surface area contributed by atoms with Gasteiger partial charge < -0.3 is 4.74 Å². The second-order valence-corrected chi connectivity index (χ2v) is 22.6. The number of fused-ring (bicyclic) bond motifs is 1. The van der Waals surface area contributed by atoms with Crippen LogP contribution in [-0.2, 0) is 4.74 Å². The normalized spacial score (nSPS) is 35.0. The molecule has 1 aliphatic carbocycles. The fourth-order valence-electron chi connectivity index (χ4n) is 5.45. The number of unbranched alkanes of at least 4 members (excludes halogenated alkanes) is 2. The second kappa shape index (κ2) is 12.1. The van der Waals surface area contributed by atoms with Crippen molar-refractivity contribution < 1.29 is 4.74 Å². The molecule has 0 radical (unpaired) electrons. The van der Waals surface area contributed by atoms with Gasteiger partial charge in [0.15, 0.2) is 0 Å². The van der Waals surface area contributed by atoms with E-state index in [9.17, 15) is 0 Å². The molecule has 1 saturated carbocycles. The Balaban J connectivity index is 2.14. The van der Waals surface area contributed by atoms with E-state index in [0.717, 1.165) is 23.7 Å². The molecule has 0 N–H and O–H groups in total. The van der Waals surface area contributed by atoms with Crippen molar-refractivity contribution >= 4 is 37.2 Å². The minimum Gasteiger partial charge on any atom is -0.356 e. The minimum absolute atomic E-state index is 0.550. The van der Waals surface area contributed by atoms with Crippen molar-refractivity contribution in [2.24, 2.45) is 23.7 Å². The summed E-state index contributed by atoms with van der Waals surface area (Å²) in [4.78, 5) is 0. The summed E-state index contributed by atoms with van der Waals surface area (Å²) < 4.78 is 7.00. The zero-order valence-electron chi connectivity index (χ0n) is 20.8. The van der Waals surface area contributed by atoms with Crippen LogP contribution in [-0.4, -0.2) is 73.1 Å². The van der Waals surface area contributed by atoms with Gasteiger partial charge in [0.25, 0.3) is 0 Å². The van der Waals surface area contributed by atoms with E-state index in [4.69, 9.17) is 4.74 Å². The third-order valence-corrected chi connectivity index (χ3v) is 13.7. The average molecular weight is 483 g/mol. The van der Waals surface area contributed by atoms with Gasteiger partial charge in [-0.2, -0.15) is 0 Å². The summed E-state index contributed by atoms with van der Waals surface area (Å²) in [7, 11) is 1.07. The van der Waals surface area contributed by atoms with Gasteiger partial charge in [-0.1, -0.05) is 26.7 Å². The molecule has 0 amide bonds. The van der Waals surface area contributed by atoms with Gasteiger partial charge in [0.2, 0.25) is 0 Å². The van der Waals surface area contributed by atoms with Crippen LogP contribution < -0.4 is 0 Å². The summed E-state index contributed by atoms with van der Waals surface area (Å²) in [6.45, 7) is 4.68. The summed E-state index contributed by atoms with van der Waals surface area (Å²) >= 11 is 0. The van der Waals surface area contributed by atoms with Crippen LogP contribution in [0.2, 0.25) is 0 Å². The lowest BCUT2D eigenvalue weighted by atomic mass is 9.70. The fourth-order valence-corrected chi connectivity index (χ4v) is 12.5. The first-order valence-corrected chi connectivity index (χ1v) is 20.7. The molecule has 2 rings (SSSR count). The maximum atomic E-state index is 7.00. The molecule has 0 aromatic rings. The molecule has 176 valence electrons. The van der Waals surface area contributed by atoms with Gasteiger partial charge in [0, 0.05) is 0 Å². The van der Waals surface area contributed by atoms with Crippen molar-refractivity contribution in [2.45, 2.75) is 63.2 Å². The molecule has 2 aliphatic rings. The smallest absolute Gasteiger partial charge is 0.0918 e. The predicted octanol–water partition coefficient (Wildman–Crippen LogP) is 7.27. The van der Waals surface area contributed by atoms with Crippen molar-refractivity contribution in [1.29, 1.82) is 0 Å². The molecule has 1 heterocycles. The van der Waals surface area contributed by atoms with Crippen LogP contribution in [0.3, 0.4) is 0 Å². The van der Waals surface area contributed by atoms with Gasteiger partial charge in [-0.25, -0.2) is 20.1 Å². The van der Waals surface area contributed by atoms with Gasteiger partial charge in [0.05, 0.1) is 10.9 Å². The summed E-state index contributed by atoms with van der Waals surface area (Å²) in [5.74, 6) is 3.67. The monoisotopic (exact) mass is 482 g/mol. The van der Waals surface area contributed by atoms with Crippen LogP contribution in [0.15, 0.2) is 0 Å². The maximum Gasteiger partial charge on any atom is 0.0918 e. The van der Waals surface area contributed by atoms with Crippen LogP contribution in [0.25, 0.3) is 0 Å². The van der Waals surface area contributed by atoms with Crippen LogP contribution >= 0.6 is 37.2 Å². The summed E-state index contributed by atoms with van der Waals surface area (Å²) in [6.07, 6.45) is 29.6. The predicted molar refractivity (Wildman–Crippen MR) is 148 cm³/mol. The lowest BCUT2D eigenvalue weighted by Crippen LogP contribution is -2.38. The quantitative estimate of drug-likeness (QED) is 0.210. The Bertz CT molecular complexity index is 432. The van der Waals surface area contributed by atoms with Gasteiger partial charge >= 0.3 is 0 Å². The molecule has 1 nitrogen and oxygen atoms in total. The first kappa shape index (κ1) is 26.8. The molecule has 0 aromatic carbocycles. The van der Waals surface area contributed by atoms with E-state index in [2.05, 4.69) is 51.4 Å². The lowest BCUT2D eigenvalue weighted by molar-refractivity contribution is 0.128. The summed E-state index contributed by atoms with van der Waals surface area (Å²) in [6, 6.07) is 0. The van der Waals surface area contributed by atoms with Crippen LogP contribution in [0.4, 0.5) is 0 Å². The number of hydrogen-bond acceptors (Lipinski definition) is 1. The second-order valence-electron chi connectivity index (χ2n) is 11.2. The molecule has 8 atom stereocenters. The van der Waals surface area contributed by atoms with Gasteiger partial charge in [0.1, 0.15) is 0 Å². The third-order valence-electron chi connectivity index (χ3n) is 6.95. The molecule has 8 unspecified atom stereocenters. The van der Waals surface area contributed by atoms with Crippen molar-refractivity contribution in [3.63, 3.8) is 0 Å².